The van der Waals surface area contributed by atoms with Crippen molar-refractivity contribution in [3.8, 4) is 0 Å². The Balaban J connectivity index is 1.70. The van der Waals surface area contributed by atoms with Crippen molar-refractivity contribution in [3.05, 3.63) is 60.1 Å². The molecule has 0 radical (unpaired) electrons. The molecule has 1 atom stereocenters. The predicted octanol–water partition coefficient (Wildman–Crippen LogP) is 2.03. The topological polar surface area (TPSA) is 71.3 Å². The highest BCUT2D eigenvalue weighted by molar-refractivity contribution is 5.87. The fourth-order valence-electron chi connectivity index (χ4n) is 2.02. The van der Waals surface area contributed by atoms with E-state index in [-0.39, 0.29) is 11.8 Å². The summed E-state index contributed by atoms with van der Waals surface area (Å²) in [7, 11) is 0. The standard InChI is InChI=1S/C17H20N2O3/c1-13(17(21)18-12-15-8-5-11-22-15)19-16(20)10-9-14-6-3-2-4-7-14/h2-8,11,13H,9-10,12H2,1H3,(H,18,21)(H,19,20)/t13-/m1/s1. The van der Waals surface area contributed by atoms with Crippen LogP contribution in [0.25, 0.3) is 0 Å². The van der Waals surface area contributed by atoms with Crippen molar-refractivity contribution in [2.75, 3.05) is 0 Å². The summed E-state index contributed by atoms with van der Waals surface area (Å²) in [6.07, 6.45) is 2.57. The van der Waals surface area contributed by atoms with Crippen LogP contribution in [0.4, 0.5) is 0 Å². The van der Waals surface area contributed by atoms with Crippen LogP contribution in [-0.4, -0.2) is 17.9 Å². The van der Waals surface area contributed by atoms with E-state index in [1.54, 1.807) is 25.3 Å². The van der Waals surface area contributed by atoms with Crippen LogP contribution < -0.4 is 10.6 Å². The molecule has 116 valence electrons. The smallest absolute Gasteiger partial charge is 0.242 e. The molecular formula is C17H20N2O3. The Morgan fingerprint density at radius 3 is 2.59 bits per heavy atom. The summed E-state index contributed by atoms with van der Waals surface area (Å²) in [4.78, 5) is 23.7. The van der Waals surface area contributed by atoms with Crippen molar-refractivity contribution in [1.29, 1.82) is 0 Å². The maximum Gasteiger partial charge on any atom is 0.242 e. The molecule has 2 rings (SSSR count). The predicted molar refractivity (Wildman–Crippen MR) is 82.9 cm³/mol. The van der Waals surface area contributed by atoms with Gasteiger partial charge in [0.2, 0.25) is 11.8 Å². The molecule has 0 saturated heterocycles. The molecule has 2 amide bonds. The van der Waals surface area contributed by atoms with Gasteiger partial charge in [-0.1, -0.05) is 30.3 Å². The molecule has 1 heterocycles. The fourth-order valence-corrected chi connectivity index (χ4v) is 2.02. The van der Waals surface area contributed by atoms with Gasteiger partial charge in [0.1, 0.15) is 11.8 Å². The van der Waals surface area contributed by atoms with Gasteiger partial charge in [0.05, 0.1) is 12.8 Å². The van der Waals surface area contributed by atoms with Crippen LogP contribution in [0.3, 0.4) is 0 Å². The van der Waals surface area contributed by atoms with Crippen LogP contribution in [0.15, 0.2) is 53.1 Å². The van der Waals surface area contributed by atoms with E-state index in [1.165, 1.54) is 0 Å². The molecule has 0 aliphatic carbocycles. The average molecular weight is 300 g/mol. The first kappa shape index (κ1) is 15.8. The van der Waals surface area contributed by atoms with Gasteiger partial charge in [0.25, 0.3) is 0 Å². The lowest BCUT2D eigenvalue weighted by atomic mass is 10.1. The summed E-state index contributed by atoms with van der Waals surface area (Å²) >= 11 is 0. The van der Waals surface area contributed by atoms with E-state index in [0.29, 0.717) is 25.1 Å². The van der Waals surface area contributed by atoms with Gasteiger partial charge < -0.3 is 15.1 Å². The van der Waals surface area contributed by atoms with Crippen LogP contribution in [0.5, 0.6) is 0 Å². The zero-order chi connectivity index (χ0) is 15.8. The number of nitrogens with one attached hydrogen (secondary N) is 2. The molecule has 5 nitrogen and oxygen atoms in total. The second kappa shape index (κ2) is 8.02. The second-order valence-electron chi connectivity index (χ2n) is 5.07. The molecule has 0 aliphatic heterocycles. The highest BCUT2D eigenvalue weighted by atomic mass is 16.3. The van der Waals surface area contributed by atoms with Crippen LogP contribution in [0.1, 0.15) is 24.7 Å². The SMILES string of the molecule is C[C@@H](NC(=O)CCc1ccccc1)C(=O)NCc1ccco1. The Morgan fingerprint density at radius 2 is 1.91 bits per heavy atom. The third-order valence-electron chi connectivity index (χ3n) is 3.27. The largest absolute Gasteiger partial charge is 0.467 e. The van der Waals surface area contributed by atoms with Gasteiger partial charge in [-0.05, 0) is 31.0 Å². The lowest BCUT2D eigenvalue weighted by Gasteiger charge is -2.13. The summed E-state index contributed by atoms with van der Waals surface area (Å²) in [5, 5.41) is 5.41. The molecule has 1 aromatic heterocycles. The number of rotatable bonds is 7. The van der Waals surface area contributed by atoms with E-state index in [1.807, 2.05) is 30.3 Å². The van der Waals surface area contributed by atoms with Gasteiger partial charge >= 0.3 is 0 Å². The number of hydrogen-bond donors (Lipinski definition) is 2. The van der Waals surface area contributed by atoms with Crippen molar-refractivity contribution >= 4 is 11.8 Å². The Morgan fingerprint density at radius 1 is 1.14 bits per heavy atom. The third-order valence-corrected chi connectivity index (χ3v) is 3.27. The van der Waals surface area contributed by atoms with Crippen molar-refractivity contribution in [1.82, 2.24) is 10.6 Å². The number of hydrogen-bond acceptors (Lipinski definition) is 3. The minimum absolute atomic E-state index is 0.135. The summed E-state index contributed by atoms with van der Waals surface area (Å²) in [5.41, 5.74) is 1.10. The fraction of sp³-hybridized carbons (Fsp3) is 0.294. The molecule has 0 fully saturated rings. The molecule has 2 N–H and O–H groups in total. The van der Waals surface area contributed by atoms with Crippen LogP contribution >= 0.6 is 0 Å². The highest BCUT2D eigenvalue weighted by Gasteiger charge is 2.15. The number of benzene rings is 1. The Labute approximate surface area is 129 Å². The van der Waals surface area contributed by atoms with E-state index in [2.05, 4.69) is 10.6 Å². The molecule has 22 heavy (non-hydrogen) atoms. The van der Waals surface area contributed by atoms with Crippen LogP contribution in [-0.2, 0) is 22.6 Å². The van der Waals surface area contributed by atoms with Crippen molar-refractivity contribution < 1.29 is 14.0 Å². The lowest BCUT2D eigenvalue weighted by molar-refractivity contribution is -0.128. The first-order valence-electron chi connectivity index (χ1n) is 7.28. The van der Waals surface area contributed by atoms with Gasteiger partial charge in [-0.2, -0.15) is 0 Å². The van der Waals surface area contributed by atoms with Crippen molar-refractivity contribution in [2.45, 2.75) is 32.4 Å². The summed E-state index contributed by atoms with van der Waals surface area (Å²) in [6, 6.07) is 12.8. The Kier molecular flexibility index (Phi) is 5.77. The van der Waals surface area contributed by atoms with Gasteiger partial charge in [0, 0.05) is 6.42 Å². The number of carbonyl (C=O) groups is 2. The van der Waals surface area contributed by atoms with Crippen molar-refractivity contribution in [2.24, 2.45) is 0 Å². The van der Waals surface area contributed by atoms with E-state index in [4.69, 9.17) is 4.42 Å². The van der Waals surface area contributed by atoms with Crippen LogP contribution in [0.2, 0.25) is 0 Å². The minimum Gasteiger partial charge on any atom is -0.467 e. The van der Waals surface area contributed by atoms with E-state index < -0.39 is 6.04 Å². The Bertz CT molecular complexity index is 594. The minimum atomic E-state index is -0.571. The lowest BCUT2D eigenvalue weighted by Crippen LogP contribution is -2.44. The summed E-state index contributed by atoms with van der Waals surface area (Å²) in [5.74, 6) is 0.310. The molecule has 1 aromatic carbocycles. The average Bonchev–Trinajstić information content (AvgIpc) is 3.05. The zero-order valence-corrected chi connectivity index (χ0v) is 12.5. The highest BCUT2D eigenvalue weighted by Crippen LogP contribution is 2.02. The van der Waals surface area contributed by atoms with Gasteiger partial charge in [0.15, 0.2) is 0 Å². The quantitative estimate of drug-likeness (QED) is 0.822. The molecule has 5 heteroatoms. The Hall–Kier alpha value is -2.56. The first-order valence-corrected chi connectivity index (χ1v) is 7.28. The van der Waals surface area contributed by atoms with E-state index in [0.717, 1.165) is 5.56 Å². The summed E-state index contributed by atoms with van der Waals surface area (Å²) < 4.78 is 5.13. The third kappa shape index (κ3) is 5.09. The van der Waals surface area contributed by atoms with Gasteiger partial charge in [-0.3, -0.25) is 9.59 Å². The maximum absolute atomic E-state index is 11.9. The number of carbonyl (C=O) groups excluding carboxylic acids is 2. The van der Waals surface area contributed by atoms with Crippen LogP contribution in [0, 0.1) is 0 Å². The molecule has 0 aliphatic rings. The second-order valence-corrected chi connectivity index (χ2v) is 5.07. The molecular weight excluding hydrogens is 280 g/mol. The monoisotopic (exact) mass is 300 g/mol. The molecule has 0 unspecified atom stereocenters. The summed E-state index contributed by atoms with van der Waals surface area (Å²) in [6.45, 7) is 1.98. The van der Waals surface area contributed by atoms with Gasteiger partial charge in [-0.15, -0.1) is 0 Å². The van der Waals surface area contributed by atoms with Crippen molar-refractivity contribution in [3.63, 3.8) is 0 Å². The normalized spacial score (nSPS) is 11.7. The van der Waals surface area contributed by atoms with Gasteiger partial charge in [-0.25, -0.2) is 0 Å². The number of amides is 2. The molecule has 0 saturated carbocycles. The molecule has 0 spiro atoms. The van der Waals surface area contributed by atoms with E-state index >= 15 is 0 Å². The number of aryl methyl sites for hydroxylation is 1. The molecule has 0 bridgehead atoms. The molecule has 2 aromatic rings. The maximum atomic E-state index is 11.9. The zero-order valence-electron chi connectivity index (χ0n) is 12.5. The number of furan rings is 1. The first-order chi connectivity index (χ1) is 10.6. The van der Waals surface area contributed by atoms with E-state index in [9.17, 15) is 9.59 Å².